The molecule has 98 valence electrons. The summed E-state index contributed by atoms with van der Waals surface area (Å²) in [6.07, 6.45) is 3.40. The van der Waals surface area contributed by atoms with E-state index >= 15 is 0 Å². The molecule has 1 aliphatic rings. The Hall–Kier alpha value is -2.01. The fourth-order valence-electron chi connectivity index (χ4n) is 2.26. The van der Waals surface area contributed by atoms with Crippen molar-refractivity contribution < 1.29 is 9.90 Å². The van der Waals surface area contributed by atoms with E-state index in [1.165, 1.54) is 4.90 Å². The number of nitrogens with zero attached hydrogens (tertiary/aromatic N) is 2. The number of hydrogen-bond donors (Lipinski definition) is 2. The van der Waals surface area contributed by atoms with Crippen LogP contribution in [0.4, 0.5) is 4.79 Å². The Morgan fingerprint density at radius 3 is 3.00 bits per heavy atom. The highest BCUT2D eigenvalue weighted by molar-refractivity contribution is 6.35. The van der Waals surface area contributed by atoms with Crippen LogP contribution < -0.4 is 0 Å². The zero-order valence-electron chi connectivity index (χ0n) is 10.1. The molecule has 1 amide bonds. The maximum absolute atomic E-state index is 10.8. The number of rotatable bonds is 1. The van der Waals surface area contributed by atoms with Crippen molar-refractivity contribution in [3.63, 3.8) is 0 Å². The first kappa shape index (κ1) is 12.0. The van der Waals surface area contributed by atoms with Gasteiger partial charge in [-0.1, -0.05) is 17.7 Å². The molecule has 0 aliphatic carbocycles. The highest BCUT2D eigenvalue weighted by Crippen LogP contribution is 2.28. The van der Waals surface area contributed by atoms with Gasteiger partial charge < -0.3 is 15.0 Å². The van der Waals surface area contributed by atoms with E-state index < -0.39 is 6.09 Å². The van der Waals surface area contributed by atoms with Crippen LogP contribution in [0.2, 0.25) is 5.02 Å². The van der Waals surface area contributed by atoms with Crippen molar-refractivity contribution in [1.82, 2.24) is 14.9 Å². The van der Waals surface area contributed by atoms with E-state index in [0.717, 1.165) is 22.3 Å². The van der Waals surface area contributed by atoms with Crippen LogP contribution in [0, 0.1) is 0 Å². The summed E-state index contributed by atoms with van der Waals surface area (Å²) in [5.41, 5.74) is 2.82. The van der Waals surface area contributed by atoms with Crippen molar-refractivity contribution >= 4 is 34.3 Å². The van der Waals surface area contributed by atoms with E-state index in [4.69, 9.17) is 16.7 Å². The number of halogens is 1. The molecule has 6 heteroatoms. The molecule has 3 rings (SSSR count). The van der Waals surface area contributed by atoms with Crippen molar-refractivity contribution in [3.8, 4) is 0 Å². The number of amides is 1. The van der Waals surface area contributed by atoms with E-state index in [1.54, 1.807) is 12.3 Å². The molecule has 0 saturated heterocycles. The third kappa shape index (κ3) is 2.17. The molecule has 19 heavy (non-hydrogen) atoms. The van der Waals surface area contributed by atoms with Crippen LogP contribution in [0.3, 0.4) is 0 Å². The molecule has 2 N–H and O–H groups in total. The third-order valence-electron chi connectivity index (χ3n) is 3.30. The van der Waals surface area contributed by atoms with Crippen LogP contribution in [0.25, 0.3) is 16.6 Å². The molecule has 2 aromatic heterocycles. The molecule has 0 spiro atoms. The first-order valence-corrected chi connectivity index (χ1v) is 6.33. The second-order valence-electron chi connectivity index (χ2n) is 4.45. The Morgan fingerprint density at radius 1 is 1.53 bits per heavy atom. The number of fused-ring (bicyclic) bond motifs is 1. The molecule has 0 unspecified atom stereocenters. The van der Waals surface area contributed by atoms with Crippen LogP contribution in [0.15, 0.2) is 24.4 Å². The maximum Gasteiger partial charge on any atom is 0.407 e. The predicted octanol–water partition coefficient (Wildman–Crippen LogP) is 2.98. The van der Waals surface area contributed by atoms with Gasteiger partial charge >= 0.3 is 6.09 Å². The van der Waals surface area contributed by atoms with Crippen LogP contribution in [-0.4, -0.2) is 39.2 Å². The molecular weight excluding hydrogens is 266 g/mol. The topological polar surface area (TPSA) is 69.2 Å². The smallest absolute Gasteiger partial charge is 0.407 e. The Kier molecular flexibility index (Phi) is 2.91. The highest BCUT2D eigenvalue weighted by atomic mass is 35.5. The number of carbonyl (C=O) groups is 1. The second kappa shape index (κ2) is 4.59. The van der Waals surface area contributed by atoms with Gasteiger partial charge in [0.1, 0.15) is 5.65 Å². The lowest BCUT2D eigenvalue weighted by atomic mass is 10.1. The zero-order valence-corrected chi connectivity index (χ0v) is 10.8. The van der Waals surface area contributed by atoms with Gasteiger partial charge in [-0.3, -0.25) is 0 Å². The average Bonchev–Trinajstić information content (AvgIpc) is 2.84. The molecule has 0 aromatic carbocycles. The molecular formula is C13H12ClN3O2. The summed E-state index contributed by atoms with van der Waals surface area (Å²) in [6, 6.07) is 3.72. The summed E-state index contributed by atoms with van der Waals surface area (Å²) in [4.78, 5) is 19.7. The quantitative estimate of drug-likeness (QED) is 0.842. The van der Waals surface area contributed by atoms with E-state index in [9.17, 15) is 4.79 Å². The van der Waals surface area contributed by atoms with Crippen molar-refractivity contribution in [2.45, 2.75) is 6.42 Å². The van der Waals surface area contributed by atoms with E-state index in [-0.39, 0.29) is 0 Å². The lowest BCUT2D eigenvalue weighted by molar-refractivity contribution is 0.150. The molecule has 0 radical (unpaired) electrons. The van der Waals surface area contributed by atoms with Crippen LogP contribution in [-0.2, 0) is 0 Å². The minimum atomic E-state index is -0.878. The summed E-state index contributed by atoms with van der Waals surface area (Å²) in [5.74, 6) is 0. The molecule has 0 fully saturated rings. The number of aromatic nitrogens is 2. The van der Waals surface area contributed by atoms with E-state index in [1.807, 2.05) is 12.1 Å². The molecule has 2 aromatic rings. The van der Waals surface area contributed by atoms with Gasteiger partial charge in [-0.05, 0) is 24.1 Å². The SMILES string of the molecule is O=C(O)N1CC=C(c2cc3c(Cl)ccnc3[nH]2)CC1. The number of carboxylic acid groups (broad SMARTS) is 1. The van der Waals surface area contributed by atoms with Crippen molar-refractivity contribution in [1.29, 1.82) is 0 Å². The second-order valence-corrected chi connectivity index (χ2v) is 4.85. The predicted molar refractivity (Wildman–Crippen MR) is 73.3 cm³/mol. The Balaban J connectivity index is 1.93. The number of aromatic amines is 1. The lowest BCUT2D eigenvalue weighted by Crippen LogP contribution is -2.33. The van der Waals surface area contributed by atoms with Crippen molar-refractivity contribution in [2.75, 3.05) is 13.1 Å². The summed E-state index contributed by atoms with van der Waals surface area (Å²) >= 11 is 6.11. The largest absolute Gasteiger partial charge is 0.465 e. The minimum absolute atomic E-state index is 0.418. The fraction of sp³-hybridized carbons (Fsp3) is 0.231. The van der Waals surface area contributed by atoms with Crippen molar-refractivity contribution in [2.24, 2.45) is 0 Å². The van der Waals surface area contributed by atoms with Gasteiger partial charge in [0, 0.05) is 30.4 Å². The zero-order chi connectivity index (χ0) is 13.4. The van der Waals surface area contributed by atoms with Gasteiger partial charge in [-0.2, -0.15) is 0 Å². The summed E-state index contributed by atoms with van der Waals surface area (Å²) < 4.78 is 0. The molecule has 5 nitrogen and oxygen atoms in total. The molecule has 1 aliphatic heterocycles. The first-order valence-electron chi connectivity index (χ1n) is 5.95. The lowest BCUT2D eigenvalue weighted by Gasteiger charge is -2.23. The Labute approximate surface area is 114 Å². The molecule has 3 heterocycles. The molecule has 0 saturated carbocycles. The van der Waals surface area contributed by atoms with Gasteiger partial charge in [-0.15, -0.1) is 0 Å². The van der Waals surface area contributed by atoms with Gasteiger partial charge in [0.2, 0.25) is 0 Å². The van der Waals surface area contributed by atoms with E-state index in [2.05, 4.69) is 9.97 Å². The first-order chi connectivity index (χ1) is 9.15. The third-order valence-corrected chi connectivity index (χ3v) is 3.63. The summed E-state index contributed by atoms with van der Waals surface area (Å²) in [7, 11) is 0. The van der Waals surface area contributed by atoms with E-state index in [0.29, 0.717) is 24.5 Å². The summed E-state index contributed by atoms with van der Waals surface area (Å²) in [5, 5.41) is 10.5. The average molecular weight is 278 g/mol. The monoisotopic (exact) mass is 277 g/mol. The molecule has 0 bridgehead atoms. The van der Waals surface area contributed by atoms with Gasteiger partial charge in [0.05, 0.1) is 5.02 Å². The van der Waals surface area contributed by atoms with Gasteiger partial charge in [0.25, 0.3) is 0 Å². The number of hydrogen-bond acceptors (Lipinski definition) is 2. The molecule has 0 atom stereocenters. The fourth-order valence-corrected chi connectivity index (χ4v) is 2.46. The van der Waals surface area contributed by atoms with Crippen LogP contribution in [0.1, 0.15) is 12.1 Å². The normalized spacial score (nSPS) is 15.6. The standard InChI is InChI=1S/C13H12ClN3O2/c14-10-1-4-15-12-9(10)7-11(16-12)8-2-5-17(6-3-8)13(18)19/h1-2,4,7H,3,5-6H2,(H,15,16)(H,18,19). The highest BCUT2D eigenvalue weighted by Gasteiger charge is 2.18. The maximum atomic E-state index is 10.8. The Bertz CT molecular complexity index is 678. The Morgan fingerprint density at radius 2 is 2.37 bits per heavy atom. The summed E-state index contributed by atoms with van der Waals surface area (Å²) in [6.45, 7) is 0.929. The van der Waals surface area contributed by atoms with Crippen molar-refractivity contribution in [3.05, 3.63) is 35.1 Å². The van der Waals surface area contributed by atoms with Crippen LogP contribution >= 0.6 is 11.6 Å². The van der Waals surface area contributed by atoms with Crippen LogP contribution in [0.5, 0.6) is 0 Å². The number of nitrogens with one attached hydrogen (secondary N) is 1. The number of H-pyrrole nitrogens is 1. The van der Waals surface area contributed by atoms with Gasteiger partial charge in [0.15, 0.2) is 0 Å². The minimum Gasteiger partial charge on any atom is -0.465 e. The number of pyridine rings is 1. The van der Waals surface area contributed by atoms with Gasteiger partial charge in [-0.25, -0.2) is 9.78 Å².